The summed E-state index contributed by atoms with van der Waals surface area (Å²) in [5, 5.41) is 1.19. The Morgan fingerprint density at radius 2 is 1.56 bits per heavy atom. The van der Waals surface area contributed by atoms with Crippen LogP contribution in [0, 0.1) is 0 Å². The molecule has 1 unspecified atom stereocenters. The van der Waals surface area contributed by atoms with E-state index < -0.39 is 26.1 Å². The molecule has 0 saturated heterocycles. The molecule has 0 N–H and O–H groups in total. The molecule has 3 rings (SSSR count). The van der Waals surface area contributed by atoms with Gasteiger partial charge in [-0.1, -0.05) is 66.7 Å². The topological polar surface area (TPSA) is 48.0 Å². The van der Waals surface area contributed by atoms with Crippen molar-refractivity contribution in [3.63, 3.8) is 0 Å². The van der Waals surface area contributed by atoms with Crippen molar-refractivity contribution in [3.05, 3.63) is 103 Å². The summed E-state index contributed by atoms with van der Waals surface area (Å²) < 4.78 is 18.0. The van der Waals surface area contributed by atoms with E-state index in [9.17, 15) is 4.79 Å². The zero-order valence-corrected chi connectivity index (χ0v) is 22.9. The predicted octanol–water partition coefficient (Wildman–Crippen LogP) is 6.86. The molecule has 3 aromatic rings. The quantitative estimate of drug-likeness (QED) is 0.224. The molecule has 0 heterocycles. The minimum atomic E-state index is -2.38. The highest BCUT2D eigenvalue weighted by molar-refractivity contribution is 6.85. The third-order valence-electron chi connectivity index (χ3n) is 5.91. The van der Waals surface area contributed by atoms with Crippen LogP contribution in [0.25, 0.3) is 0 Å². The highest BCUT2D eigenvalue weighted by atomic mass is 28.4. The lowest BCUT2D eigenvalue weighted by atomic mass is 10.1. The zero-order valence-electron chi connectivity index (χ0n) is 21.9. The van der Waals surface area contributed by atoms with Crippen molar-refractivity contribution in [2.75, 3.05) is 18.6 Å². The predicted molar refractivity (Wildman–Crippen MR) is 150 cm³/mol. The van der Waals surface area contributed by atoms with Crippen LogP contribution in [-0.4, -0.2) is 33.7 Å². The first-order chi connectivity index (χ1) is 17.2. The van der Waals surface area contributed by atoms with Crippen molar-refractivity contribution in [2.24, 2.45) is 0 Å². The third-order valence-corrected chi connectivity index (χ3v) is 9.34. The Balaban J connectivity index is 2.05. The van der Waals surface area contributed by atoms with E-state index in [1.165, 1.54) is 5.19 Å². The fourth-order valence-electron chi connectivity index (χ4n) is 4.05. The molecule has 190 valence electrons. The number of allylic oxidation sites excluding steroid dienone is 1. The number of hydrogen-bond acceptors (Lipinski definition) is 4. The second kappa shape index (κ2) is 12.1. The first-order valence-electron chi connectivity index (χ1n) is 12.2. The van der Waals surface area contributed by atoms with Crippen LogP contribution in [0.3, 0.4) is 0 Å². The summed E-state index contributed by atoms with van der Waals surface area (Å²) in [5.41, 5.74) is 1.01. The molecule has 0 aliphatic carbocycles. The van der Waals surface area contributed by atoms with Crippen molar-refractivity contribution in [3.8, 4) is 5.75 Å². The molecule has 2 atom stereocenters. The van der Waals surface area contributed by atoms with Crippen molar-refractivity contribution < 1.29 is 18.7 Å². The Labute approximate surface area is 216 Å². The second-order valence-corrected chi connectivity index (χ2v) is 13.6. The Bertz CT molecular complexity index is 1110. The van der Waals surface area contributed by atoms with E-state index in [4.69, 9.17) is 13.9 Å². The van der Waals surface area contributed by atoms with Crippen LogP contribution >= 0.6 is 0 Å². The molecular weight excluding hydrogens is 466 g/mol. The van der Waals surface area contributed by atoms with Gasteiger partial charge in [-0.25, -0.2) is 4.79 Å². The highest BCUT2D eigenvalue weighted by Gasteiger charge is 2.36. The molecule has 1 amide bonds. The van der Waals surface area contributed by atoms with E-state index in [1.807, 2.05) is 99.6 Å². The molecule has 0 spiro atoms. The standard InChI is InChI=1S/C30H37NO4Si/c1-7-22-36(6,27-16-12-9-13-17-27)34-23-28(24-14-10-8-11-15-24)31(29(32)35-30(2,3)4)25-18-20-26(33-5)21-19-25/h7-21,28H,1,22-23H2,2-6H3/t28-,36?/m1/s1. The van der Waals surface area contributed by atoms with Gasteiger partial charge in [-0.2, -0.15) is 0 Å². The fraction of sp³-hybridized carbons (Fsp3) is 0.300. The molecule has 0 aliphatic rings. The number of hydrogen-bond donors (Lipinski definition) is 0. The number of methoxy groups -OCH3 is 1. The second-order valence-electron chi connectivity index (χ2n) is 9.88. The van der Waals surface area contributed by atoms with Crippen LogP contribution in [0.1, 0.15) is 32.4 Å². The number of ether oxygens (including phenoxy) is 2. The van der Waals surface area contributed by atoms with Crippen molar-refractivity contribution in [1.29, 1.82) is 0 Å². The van der Waals surface area contributed by atoms with Gasteiger partial charge in [0.15, 0.2) is 0 Å². The summed E-state index contributed by atoms with van der Waals surface area (Å²) in [5.74, 6) is 0.713. The molecule has 5 nitrogen and oxygen atoms in total. The number of rotatable bonds is 10. The summed E-state index contributed by atoms with van der Waals surface area (Å²) in [6, 6.07) is 28.0. The van der Waals surface area contributed by atoms with Gasteiger partial charge in [-0.3, -0.25) is 4.90 Å². The van der Waals surface area contributed by atoms with Crippen LogP contribution < -0.4 is 14.8 Å². The Morgan fingerprint density at radius 1 is 0.972 bits per heavy atom. The maximum atomic E-state index is 13.7. The van der Waals surface area contributed by atoms with Gasteiger partial charge in [-0.15, -0.1) is 6.58 Å². The molecule has 0 radical (unpaired) electrons. The molecule has 0 aliphatic heterocycles. The SMILES string of the molecule is C=CC[Si](C)(OC[C@H](c1ccccc1)N(C(=O)OC(C)(C)C)c1ccc(OC)cc1)c1ccccc1. The molecule has 0 bridgehead atoms. The number of amides is 1. The monoisotopic (exact) mass is 503 g/mol. The minimum absolute atomic E-state index is 0.306. The van der Waals surface area contributed by atoms with E-state index in [0.29, 0.717) is 18.0 Å². The van der Waals surface area contributed by atoms with Crippen LogP contribution in [-0.2, 0) is 9.16 Å². The number of nitrogens with zero attached hydrogens (tertiary/aromatic N) is 1. The molecular formula is C30H37NO4Si. The van der Waals surface area contributed by atoms with Gasteiger partial charge in [0.25, 0.3) is 0 Å². The zero-order chi connectivity index (χ0) is 26.2. The summed E-state index contributed by atoms with van der Waals surface area (Å²) in [6.07, 6.45) is 1.49. The van der Waals surface area contributed by atoms with E-state index >= 15 is 0 Å². The van der Waals surface area contributed by atoms with Crippen LogP contribution in [0.4, 0.5) is 10.5 Å². The normalized spacial score (nSPS) is 13.8. The van der Waals surface area contributed by atoms with Gasteiger partial charge in [-0.05, 0) is 68.4 Å². The Kier molecular flexibility index (Phi) is 9.12. The molecule has 0 fully saturated rings. The van der Waals surface area contributed by atoms with E-state index in [-0.39, 0.29) is 0 Å². The van der Waals surface area contributed by atoms with Gasteiger partial charge in [0.05, 0.1) is 19.8 Å². The smallest absolute Gasteiger partial charge is 0.415 e. The average Bonchev–Trinajstić information content (AvgIpc) is 2.87. The van der Waals surface area contributed by atoms with Crippen LogP contribution in [0.15, 0.2) is 97.6 Å². The van der Waals surface area contributed by atoms with Gasteiger partial charge < -0.3 is 13.9 Å². The van der Waals surface area contributed by atoms with Gasteiger partial charge in [0.2, 0.25) is 8.32 Å². The minimum Gasteiger partial charge on any atom is -0.497 e. The number of carbonyl (C=O) groups is 1. The van der Waals surface area contributed by atoms with E-state index in [0.717, 1.165) is 11.6 Å². The molecule has 0 saturated carbocycles. The highest BCUT2D eigenvalue weighted by Crippen LogP contribution is 2.32. The lowest BCUT2D eigenvalue weighted by Crippen LogP contribution is -2.50. The molecule has 3 aromatic carbocycles. The first kappa shape index (κ1) is 27.2. The van der Waals surface area contributed by atoms with Crippen LogP contribution in [0.2, 0.25) is 12.6 Å². The summed E-state index contributed by atoms with van der Waals surface area (Å²) in [7, 11) is -0.760. The number of benzene rings is 3. The summed E-state index contributed by atoms with van der Waals surface area (Å²) in [4.78, 5) is 15.3. The number of anilines is 1. The van der Waals surface area contributed by atoms with Gasteiger partial charge in [0.1, 0.15) is 11.4 Å². The van der Waals surface area contributed by atoms with Gasteiger partial charge >= 0.3 is 6.09 Å². The van der Waals surface area contributed by atoms with Crippen molar-refractivity contribution in [1.82, 2.24) is 0 Å². The Morgan fingerprint density at radius 3 is 2.08 bits per heavy atom. The largest absolute Gasteiger partial charge is 0.497 e. The Hall–Kier alpha value is -3.35. The van der Waals surface area contributed by atoms with E-state index in [2.05, 4.69) is 25.3 Å². The summed E-state index contributed by atoms with van der Waals surface area (Å²) in [6.45, 7) is 12.1. The lowest BCUT2D eigenvalue weighted by Gasteiger charge is -2.36. The number of carbonyl (C=O) groups excluding carboxylic acids is 1. The van der Waals surface area contributed by atoms with Crippen LogP contribution in [0.5, 0.6) is 5.75 Å². The fourth-order valence-corrected chi connectivity index (χ4v) is 6.55. The maximum Gasteiger partial charge on any atom is 0.415 e. The lowest BCUT2D eigenvalue weighted by molar-refractivity contribution is 0.0552. The van der Waals surface area contributed by atoms with Gasteiger partial charge in [0, 0.05) is 5.69 Å². The molecule has 0 aromatic heterocycles. The maximum absolute atomic E-state index is 13.7. The van der Waals surface area contributed by atoms with Crippen molar-refractivity contribution in [2.45, 2.75) is 45.0 Å². The van der Waals surface area contributed by atoms with E-state index in [1.54, 1.807) is 12.0 Å². The first-order valence-corrected chi connectivity index (χ1v) is 14.8. The summed E-state index contributed by atoms with van der Waals surface area (Å²) >= 11 is 0. The third kappa shape index (κ3) is 7.09. The average molecular weight is 504 g/mol. The molecule has 36 heavy (non-hydrogen) atoms. The van der Waals surface area contributed by atoms with Crippen molar-refractivity contribution >= 4 is 25.3 Å². The molecule has 6 heteroatoms.